The van der Waals surface area contributed by atoms with Crippen LogP contribution >= 0.6 is 0 Å². The van der Waals surface area contributed by atoms with Gasteiger partial charge < -0.3 is 9.84 Å². The number of carbonyl (C=O) groups is 1. The molecule has 0 heterocycles. The van der Waals surface area contributed by atoms with E-state index in [-0.39, 0.29) is 18.6 Å². The van der Waals surface area contributed by atoms with Gasteiger partial charge in [0.05, 0.1) is 13.0 Å². The lowest BCUT2D eigenvalue weighted by Crippen LogP contribution is -2.35. The number of aliphatic hydroxyl groups is 1. The van der Waals surface area contributed by atoms with Crippen molar-refractivity contribution < 1.29 is 14.6 Å². The molecule has 0 saturated heterocycles. The summed E-state index contributed by atoms with van der Waals surface area (Å²) in [4.78, 5) is 13.8. The number of benzene rings is 1. The summed E-state index contributed by atoms with van der Waals surface area (Å²) in [5.41, 5.74) is 1.21. The molecule has 0 aliphatic rings. The highest BCUT2D eigenvalue weighted by Crippen LogP contribution is 2.12. The Balaban J connectivity index is 2.60. The molecule has 0 amide bonds. The Morgan fingerprint density at radius 3 is 2.65 bits per heavy atom. The van der Waals surface area contributed by atoms with Crippen LogP contribution in [-0.4, -0.2) is 41.8 Å². The molecule has 112 valence electrons. The molecule has 1 N–H and O–H groups in total. The van der Waals surface area contributed by atoms with E-state index in [1.807, 2.05) is 32.0 Å². The molecule has 20 heavy (non-hydrogen) atoms. The monoisotopic (exact) mass is 279 g/mol. The number of ether oxygens (including phenoxy) is 1. The fraction of sp³-hybridized carbons (Fsp3) is 0.562. The van der Waals surface area contributed by atoms with E-state index in [0.29, 0.717) is 19.4 Å². The van der Waals surface area contributed by atoms with Crippen LogP contribution in [-0.2, 0) is 16.1 Å². The second-order valence-corrected chi connectivity index (χ2v) is 4.89. The number of nitrogens with zero attached hydrogens (tertiary/aromatic N) is 1. The second-order valence-electron chi connectivity index (χ2n) is 4.89. The average molecular weight is 279 g/mol. The van der Waals surface area contributed by atoms with E-state index in [1.54, 1.807) is 0 Å². The molecule has 0 saturated carbocycles. The smallest absolute Gasteiger partial charge is 0.307 e. The largest absolute Gasteiger partial charge is 0.466 e. The maximum atomic E-state index is 11.6. The number of carbonyl (C=O) groups excluding carboxylic acids is 1. The Bertz CT molecular complexity index is 381. The van der Waals surface area contributed by atoms with Crippen molar-refractivity contribution in [3.8, 4) is 0 Å². The number of hydrogen-bond donors (Lipinski definition) is 1. The van der Waals surface area contributed by atoms with E-state index in [1.165, 1.54) is 5.56 Å². The Labute approximate surface area is 121 Å². The molecule has 1 rings (SSSR count). The number of aliphatic hydroxyl groups excluding tert-OH is 1. The number of rotatable bonds is 9. The van der Waals surface area contributed by atoms with Gasteiger partial charge in [-0.15, -0.1) is 0 Å². The maximum absolute atomic E-state index is 11.6. The topological polar surface area (TPSA) is 49.8 Å². The lowest BCUT2D eigenvalue weighted by atomic mass is 10.1. The van der Waals surface area contributed by atoms with E-state index in [9.17, 15) is 4.79 Å². The van der Waals surface area contributed by atoms with Crippen molar-refractivity contribution in [3.63, 3.8) is 0 Å². The van der Waals surface area contributed by atoms with Crippen LogP contribution < -0.4 is 0 Å². The minimum absolute atomic E-state index is 0.0980. The van der Waals surface area contributed by atoms with E-state index < -0.39 is 0 Å². The van der Waals surface area contributed by atoms with Crippen LogP contribution in [0.2, 0.25) is 0 Å². The van der Waals surface area contributed by atoms with Crippen LogP contribution in [0.3, 0.4) is 0 Å². The molecule has 0 spiro atoms. The standard InChI is InChI=1S/C16H25NO3/c1-3-20-16(19)12-14(2)17(10-7-11-18)13-15-8-5-4-6-9-15/h4-6,8-9,14,18H,3,7,10-13H2,1-2H3. The Hall–Kier alpha value is -1.39. The molecule has 1 aromatic carbocycles. The van der Waals surface area contributed by atoms with Gasteiger partial charge in [0.2, 0.25) is 0 Å². The van der Waals surface area contributed by atoms with E-state index in [0.717, 1.165) is 13.1 Å². The minimum Gasteiger partial charge on any atom is -0.466 e. The fourth-order valence-corrected chi connectivity index (χ4v) is 2.14. The molecule has 1 unspecified atom stereocenters. The zero-order chi connectivity index (χ0) is 14.8. The summed E-state index contributed by atoms with van der Waals surface area (Å²) >= 11 is 0. The zero-order valence-corrected chi connectivity index (χ0v) is 12.4. The first kappa shape index (κ1) is 16.7. The first-order chi connectivity index (χ1) is 9.67. The molecule has 0 aliphatic heterocycles. The van der Waals surface area contributed by atoms with Gasteiger partial charge in [0.25, 0.3) is 0 Å². The summed E-state index contributed by atoms with van der Waals surface area (Å²) in [6.07, 6.45) is 1.09. The molecule has 4 nitrogen and oxygen atoms in total. The van der Waals surface area contributed by atoms with Crippen LogP contribution in [0, 0.1) is 0 Å². The van der Waals surface area contributed by atoms with Gasteiger partial charge in [-0.3, -0.25) is 9.69 Å². The normalized spacial score (nSPS) is 12.4. The van der Waals surface area contributed by atoms with Crippen molar-refractivity contribution in [1.29, 1.82) is 0 Å². The first-order valence-electron chi connectivity index (χ1n) is 7.21. The van der Waals surface area contributed by atoms with Crippen LogP contribution in [0.4, 0.5) is 0 Å². The van der Waals surface area contributed by atoms with Gasteiger partial charge in [0, 0.05) is 25.7 Å². The Morgan fingerprint density at radius 1 is 1.35 bits per heavy atom. The molecule has 1 aromatic rings. The van der Waals surface area contributed by atoms with Crippen LogP contribution in [0.25, 0.3) is 0 Å². The predicted octanol–water partition coefficient (Wildman–Crippen LogP) is 2.21. The van der Waals surface area contributed by atoms with E-state index in [2.05, 4.69) is 17.0 Å². The third-order valence-electron chi connectivity index (χ3n) is 3.22. The van der Waals surface area contributed by atoms with Gasteiger partial charge in [0.1, 0.15) is 0 Å². The van der Waals surface area contributed by atoms with Crippen molar-refractivity contribution in [2.75, 3.05) is 19.8 Å². The van der Waals surface area contributed by atoms with Crippen molar-refractivity contribution in [3.05, 3.63) is 35.9 Å². The van der Waals surface area contributed by atoms with Gasteiger partial charge in [-0.25, -0.2) is 0 Å². The summed E-state index contributed by atoms with van der Waals surface area (Å²) in [5, 5.41) is 9.01. The lowest BCUT2D eigenvalue weighted by molar-refractivity contribution is -0.144. The van der Waals surface area contributed by atoms with E-state index in [4.69, 9.17) is 9.84 Å². The molecule has 0 radical (unpaired) electrons. The number of hydrogen-bond acceptors (Lipinski definition) is 4. The summed E-state index contributed by atoms with van der Waals surface area (Å²) in [6, 6.07) is 10.3. The first-order valence-corrected chi connectivity index (χ1v) is 7.21. The van der Waals surface area contributed by atoms with Gasteiger partial charge in [-0.05, 0) is 25.8 Å². The van der Waals surface area contributed by atoms with Crippen molar-refractivity contribution >= 4 is 5.97 Å². The third-order valence-corrected chi connectivity index (χ3v) is 3.22. The molecule has 0 aliphatic carbocycles. The molecule has 0 bridgehead atoms. The lowest BCUT2D eigenvalue weighted by Gasteiger charge is -2.28. The van der Waals surface area contributed by atoms with Gasteiger partial charge in [-0.1, -0.05) is 30.3 Å². The predicted molar refractivity (Wildman–Crippen MR) is 79.3 cm³/mol. The van der Waals surface area contributed by atoms with Crippen molar-refractivity contribution in [2.24, 2.45) is 0 Å². The summed E-state index contributed by atoms with van der Waals surface area (Å²) in [7, 11) is 0. The van der Waals surface area contributed by atoms with E-state index >= 15 is 0 Å². The molecule has 0 fully saturated rings. The van der Waals surface area contributed by atoms with Crippen LogP contribution in [0.1, 0.15) is 32.3 Å². The van der Waals surface area contributed by atoms with Gasteiger partial charge in [-0.2, -0.15) is 0 Å². The molecule has 1 atom stereocenters. The van der Waals surface area contributed by atoms with Crippen molar-refractivity contribution in [2.45, 2.75) is 39.3 Å². The molecular weight excluding hydrogens is 254 g/mol. The molecule has 4 heteroatoms. The quantitative estimate of drug-likeness (QED) is 0.704. The zero-order valence-electron chi connectivity index (χ0n) is 12.4. The Morgan fingerprint density at radius 2 is 2.05 bits per heavy atom. The number of esters is 1. The Kier molecular flexibility index (Phi) is 7.92. The summed E-state index contributed by atoms with van der Waals surface area (Å²) in [5.74, 6) is -0.165. The minimum atomic E-state index is -0.165. The van der Waals surface area contributed by atoms with Crippen LogP contribution in [0.5, 0.6) is 0 Å². The fourth-order valence-electron chi connectivity index (χ4n) is 2.14. The average Bonchev–Trinajstić information content (AvgIpc) is 2.44. The highest BCUT2D eigenvalue weighted by Gasteiger charge is 2.17. The highest BCUT2D eigenvalue weighted by atomic mass is 16.5. The van der Waals surface area contributed by atoms with Gasteiger partial charge in [0.15, 0.2) is 0 Å². The van der Waals surface area contributed by atoms with Crippen molar-refractivity contribution in [1.82, 2.24) is 4.90 Å². The third kappa shape index (κ3) is 6.17. The SMILES string of the molecule is CCOC(=O)CC(C)N(CCCO)Cc1ccccc1. The highest BCUT2D eigenvalue weighted by molar-refractivity contribution is 5.70. The summed E-state index contributed by atoms with van der Waals surface area (Å²) in [6.45, 7) is 5.97. The second kappa shape index (κ2) is 9.50. The van der Waals surface area contributed by atoms with Gasteiger partial charge >= 0.3 is 5.97 Å². The molecule has 0 aromatic heterocycles. The molecular formula is C16H25NO3. The maximum Gasteiger partial charge on any atom is 0.307 e. The van der Waals surface area contributed by atoms with Crippen LogP contribution in [0.15, 0.2) is 30.3 Å². The summed E-state index contributed by atoms with van der Waals surface area (Å²) < 4.78 is 5.00.